The number of hydrogen-bond donors (Lipinski definition) is 2. The second-order valence-electron chi connectivity index (χ2n) is 7.07. The van der Waals surface area contributed by atoms with E-state index < -0.39 is 23.5 Å². The Balaban J connectivity index is 2.11. The Hall–Kier alpha value is -3.09. The van der Waals surface area contributed by atoms with E-state index in [0.29, 0.717) is 16.7 Å². The van der Waals surface area contributed by atoms with Crippen molar-refractivity contribution in [3.05, 3.63) is 44.5 Å². The maximum Gasteiger partial charge on any atom is 0.340 e. The zero-order chi connectivity index (χ0) is 20.7. The minimum atomic E-state index is -1.11. The molecule has 148 valence electrons. The molecule has 2 N–H and O–H groups in total. The molecular weight excluding hydrogens is 362 g/mol. The highest BCUT2D eigenvalue weighted by Gasteiger charge is 2.22. The van der Waals surface area contributed by atoms with Crippen LogP contribution in [0.3, 0.4) is 0 Å². The highest BCUT2D eigenvalue weighted by Crippen LogP contribution is 2.34. The van der Waals surface area contributed by atoms with E-state index in [4.69, 9.17) is 13.9 Å². The minimum Gasteiger partial charge on any atom is -0.480 e. The van der Waals surface area contributed by atoms with Gasteiger partial charge in [-0.25, -0.2) is 9.59 Å². The van der Waals surface area contributed by atoms with Crippen molar-refractivity contribution in [3.8, 4) is 0 Å². The van der Waals surface area contributed by atoms with Crippen molar-refractivity contribution in [1.82, 2.24) is 5.32 Å². The van der Waals surface area contributed by atoms with E-state index in [2.05, 4.69) is 5.32 Å². The Labute approximate surface area is 161 Å². The van der Waals surface area contributed by atoms with Crippen LogP contribution in [0.5, 0.6) is 0 Å². The van der Waals surface area contributed by atoms with Crippen molar-refractivity contribution in [2.75, 3.05) is 0 Å². The summed E-state index contributed by atoms with van der Waals surface area (Å²) in [7, 11) is 0. The topological polar surface area (TPSA) is 110 Å². The van der Waals surface area contributed by atoms with E-state index in [0.717, 1.165) is 27.7 Å². The van der Waals surface area contributed by atoms with Gasteiger partial charge in [-0.15, -0.1) is 0 Å². The Kier molecular flexibility index (Phi) is 5.02. The molecule has 3 aromatic rings. The van der Waals surface area contributed by atoms with E-state index in [1.54, 1.807) is 13.8 Å². The number of aryl methyl sites for hydroxylation is 4. The van der Waals surface area contributed by atoms with Crippen molar-refractivity contribution >= 4 is 33.8 Å². The van der Waals surface area contributed by atoms with Crippen LogP contribution in [-0.4, -0.2) is 23.0 Å². The molecule has 0 saturated heterocycles. The molecule has 1 atom stereocenters. The Morgan fingerprint density at radius 2 is 1.64 bits per heavy atom. The maximum absolute atomic E-state index is 12.5. The number of furan rings is 1. The molecule has 3 rings (SSSR count). The molecule has 0 spiro atoms. The molecule has 2 heterocycles. The molecular formula is C21H23NO6. The van der Waals surface area contributed by atoms with Crippen LogP contribution in [0.25, 0.3) is 21.9 Å². The molecule has 0 bridgehead atoms. The molecule has 0 aliphatic rings. The second-order valence-corrected chi connectivity index (χ2v) is 7.07. The summed E-state index contributed by atoms with van der Waals surface area (Å²) in [5, 5.41) is 13.2. The lowest BCUT2D eigenvalue weighted by Gasteiger charge is -2.13. The van der Waals surface area contributed by atoms with Crippen LogP contribution in [-0.2, 0) is 16.0 Å². The van der Waals surface area contributed by atoms with Crippen molar-refractivity contribution in [3.63, 3.8) is 0 Å². The number of fused-ring (bicyclic) bond motifs is 2. The van der Waals surface area contributed by atoms with Crippen molar-refractivity contribution < 1.29 is 23.5 Å². The second kappa shape index (κ2) is 7.14. The summed E-state index contributed by atoms with van der Waals surface area (Å²) in [5.74, 6) is -0.841. The van der Waals surface area contributed by atoms with Crippen molar-refractivity contribution in [2.24, 2.45) is 0 Å². The fraction of sp³-hybridized carbons (Fsp3) is 0.381. The van der Waals surface area contributed by atoms with Crippen molar-refractivity contribution in [2.45, 2.75) is 53.5 Å². The van der Waals surface area contributed by atoms with Crippen LogP contribution in [0, 0.1) is 27.7 Å². The van der Waals surface area contributed by atoms with Gasteiger partial charge in [0, 0.05) is 16.3 Å². The summed E-state index contributed by atoms with van der Waals surface area (Å²) in [6, 6.07) is 0.925. The number of aliphatic carboxylic acids is 1. The molecule has 7 heteroatoms. The molecule has 0 radical (unpaired) electrons. The average molecular weight is 385 g/mol. The fourth-order valence-corrected chi connectivity index (χ4v) is 3.44. The summed E-state index contributed by atoms with van der Waals surface area (Å²) < 4.78 is 11.3. The third-order valence-electron chi connectivity index (χ3n) is 5.32. The van der Waals surface area contributed by atoms with E-state index in [9.17, 15) is 14.4 Å². The number of carbonyl (C=O) groups excluding carboxylic acids is 1. The summed E-state index contributed by atoms with van der Waals surface area (Å²) in [6.07, 6.45) is 0.0110. The van der Waals surface area contributed by atoms with Crippen LogP contribution >= 0.6 is 0 Å². The van der Waals surface area contributed by atoms with Gasteiger partial charge in [0.1, 0.15) is 23.0 Å². The van der Waals surface area contributed by atoms with Gasteiger partial charge in [0.15, 0.2) is 0 Å². The molecule has 0 fully saturated rings. The van der Waals surface area contributed by atoms with Gasteiger partial charge in [-0.3, -0.25) is 4.79 Å². The summed E-state index contributed by atoms with van der Waals surface area (Å²) in [4.78, 5) is 36.0. The molecule has 0 aliphatic carbocycles. The summed E-state index contributed by atoms with van der Waals surface area (Å²) in [5.41, 5.74) is 3.13. The minimum absolute atomic E-state index is 0.224. The first-order valence-electron chi connectivity index (χ1n) is 9.13. The third-order valence-corrected chi connectivity index (χ3v) is 5.32. The number of carbonyl (C=O) groups is 2. The predicted molar refractivity (Wildman–Crippen MR) is 105 cm³/mol. The van der Waals surface area contributed by atoms with E-state index in [-0.39, 0.29) is 18.4 Å². The van der Waals surface area contributed by atoms with E-state index >= 15 is 0 Å². The standard InChI is InChI=1S/C21H23NO6/c1-6-16(20(24)25)22-17(23)8-15-10(3)14-7-13-9(2)12(5)27-18(13)11(4)19(14)28-21(15)26/h7,16H,6,8H2,1-5H3,(H,22,23)(H,24,25)/t16-/m0/s1. The lowest BCUT2D eigenvalue weighted by molar-refractivity contribution is -0.141. The lowest BCUT2D eigenvalue weighted by atomic mass is 9.98. The average Bonchev–Trinajstić information content (AvgIpc) is 2.92. The van der Waals surface area contributed by atoms with Crippen LogP contribution < -0.4 is 10.9 Å². The summed E-state index contributed by atoms with van der Waals surface area (Å²) >= 11 is 0. The van der Waals surface area contributed by atoms with Gasteiger partial charge in [0.25, 0.3) is 0 Å². The first-order chi connectivity index (χ1) is 13.1. The molecule has 7 nitrogen and oxygen atoms in total. The van der Waals surface area contributed by atoms with Gasteiger partial charge < -0.3 is 19.3 Å². The molecule has 0 aliphatic heterocycles. The lowest BCUT2D eigenvalue weighted by Crippen LogP contribution is -2.41. The molecule has 1 aromatic carbocycles. The largest absolute Gasteiger partial charge is 0.480 e. The molecule has 28 heavy (non-hydrogen) atoms. The number of nitrogens with one attached hydrogen (secondary N) is 1. The first kappa shape index (κ1) is 19.7. The van der Waals surface area contributed by atoms with Gasteiger partial charge in [0.2, 0.25) is 5.91 Å². The predicted octanol–water partition coefficient (Wildman–Crippen LogP) is 3.29. The third kappa shape index (κ3) is 3.17. The highest BCUT2D eigenvalue weighted by molar-refractivity contribution is 6.00. The maximum atomic E-state index is 12.5. The highest BCUT2D eigenvalue weighted by atomic mass is 16.4. The quantitative estimate of drug-likeness (QED) is 0.652. The van der Waals surface area contributed by atoms with Crippen LogP contribution in [0.2, 0.25) is 0 Å². The zero-order valence-electron chi connectivity index (χ0n) is 16.6. The number of benzene rings is 1. The van der Waals surface area contributed by atoms with E-state index in [1.807, 2.05) is 26.8 Å². The van der Waals surface area contributed by atoms with Crippen LogP contribution in [0.4, 0.5) is 0 Å². The van der Waals surface area contributed by atoms with Gasteiger partial charge in [-0.2, -0.15) is 0 Å². The Bertz CT molecular complexity index is 1170. The van der Waals surface area contributed by atoms with Gasteiger partial charge in [-0.1, -0.05) is 6.92 Å². The van der Waals surface area contributed by atoms with Gasteiger partial charge >= 0.3 is 11.6 Å². The van der Waals surface area contributed by atoms with Gasteiger partial charge in [0.05, 0.1) is 12.0 Å². The zero-order valence-corrected chi connectivity index (χ0v) is 16.6. The number of amides is 1. The Morgan fingerprint density at radius 3 is 2.25 bits per heavy atom. The van der Waals surface area contributed by atoms with E-state index in [1.165, 1.54) is 0 Å². The number of carboxylic acids is 1. The first-order valence-corrected chi connectivity index (χ1v) is 9.13. The Morgan fingerprint density at radius 1 is 1.04 bits per heavy atom. The smallest absolute Gasteiger partial charge is 0.340 e. The fourth-order valence-electron chi connectivity index (χ4n) is 3.44. The normalized spacial score (nSPS) is 12.5. The monoisotopic (exact) mass is 385 g/mol. The number of rotatable bonds is 5. The SMILES string of the molecule is CC[C@H](NC(=O)Cc1c(C)c2cc3c(C)c(C)oc3c(C)c2oc1=O)C(=O)O. The van der Waals surface area contributed by atoms with Crippen molar-refractivity contribution in [1.29, 1.82) is 0 Å². The van der Waals surface area contributed by atoms with Gasteiger partial charge in [-0.05, 0) is 51.3 Å². The molecule has 2 aromatic heterocycles. The van der Waals surface area contributed by atoms with Crippen LogP contribution in [0.15, 0.2) is 19.7 Å². The summed E-state index contributed by atoms with van der Waals surface area (Å²) in [6.45, 7) is 9.11. The number of carboxylic acid groups (broad SMARTS) is 1. The molecule has 0 unspecified atom stereocenters. The number of hydrogen-bond acceptors (Lipinski definition) is 5. The molecule has 0 saturated carbocycles. The molecule has 1 amide bonds. The van der Waals surface area contributed by atoms with Crippen LogP contribution in [0.1, 0.15) is 41.4 Å².